The SMILES string of the molecule is CC(C)(C)CCn1ccnc1CO. The molecule has 0 radical (unpaired) electrons. The molecule has 0 spiro atoms. The molecular formula is C10H18N2O. The highest BCUT2D eigenvalue weighted by Gasteiger charge is 2.10. The summed E-state index contributed by atoms with van der Waals surface area (Å²) < 4.78 is 2.01. The molecule has 0 aromatic carbocycles. The highest BCUT2D eigenvalue weighted by molar-refractivity contribution is 4.90. The number of nitrogens with zero attached hydrogens (tertiary/aromatic N) is 2. The molecule has 1 rings (SSSR count). The lowest BCUT2D eigenvalue weighted by Gasteiger charge is -2.18. The average molecular weight is 182 g/mol. The van der Waals surface area contributed by atoms with Crippen molar-refractivity contribution in [3.05, 3.63) is 18.2 Å². The van der Waals surface area contributed by atoms with Crippen molar-refractivity contribution in [2.75, 3.05) is 0 Å². The quantitative estimate of drug-likeness (QED) is 0.774. The van der Waals surface area contributed by atoms with Gasteiger partial charge in [0.15, 0.2) is 0 Å². The summed E-state index contributed by atoms with van der Waals surface area (Å²) in [6.45, 7) is 7.59. The first-order valence-electron chi connectivity index (χ1n) is 4.64. The molecule has 0 saturated heterocycles. The Balaban J connectivity index is 2.54. The highest BCUT2D eigenvalue weighted by atomic mass is 16.3. The van der Waals surface area contributed by atoms with E-state index < -0.39 is 0 Å². The first kappa shape index (κ1) is 10.3. The maximum absolute atomic E-state index is 8.95. The van der Waals surface area contributed by atoms with Crippen LogP contribution in [0.5, 0.6) is 0 Å². The van der Waals surface area contributed by atoms with E-state index in [-0.39, 0.29) is 6.61 Å². The molecule has 0 amide bonds. The predicted molar refractivity (Wildman–Crippen MR) is 52.2 cm³/mol. The topological polar surface area (TPSA) is 38.0 Å². The Morgan fingerprint density at radius 1 is 1.46 bits per heavy atom. The van der Waals surface area contributed by atoms with Crippen LogP contribution in [0.15, 0.2) is 12.4 Å². The van der Waals surface area contributed by atoms with Crippen molar-refractivity contribution in [1.82, 2.24) is 9.55 Å². The van der Waals surface area contributed by atoms with Crippen molar-refractivity contribution in [2.24, 2.45) is 5.41 Å². The van der Waals surface area contributed by atoms with E-state index in [0.717, 1.165) is 18.8 Å². The summed E-state index contributed by atoms with van der Waals surface area (Å²) in [6.07, 6.45) is 4.74. The second-order valence-electron chi connectivity index (χ2n) is 4.51. The Morgan fingerprint density at radius 2 is 2.15 bits per heavy atom. The van der Waals surface area contributed by atoms with E-state index in [1.54, 1.807) is 6.20 Å². The molecule has 3 heteroatoms. The summed E-state index contributed by atoms with van der Waals surface area (Å²) in [5.74, 6) is 0.754. The van der Waals surface area contributed by atoms with E-state index in [9.17, 15) is 0 Å². The molecule has 1 heterocycles. The number of imidazole rings is 1. The zero-order valence-corrected chi connectivity index (χ0v) is 8.62. The summed E-state index contributed by atoms with van der Waals surface area (Å²) >= 11 is 0. The van der Waals surface area contributed by atoms with Crippen LogP contribution in [-0.4, -0.2) is 14.7 Å². The van der Waals surface area contributed by atoms with Gasteiger partial charge in [0.05, 0.1) is 0 Å². The van der Waals surface area contributed by atoms with Crippen LogP contribution in [0.2, 0.25) is 0 Å². The van der Waals surface area contributed by atoms with Crippen LogP contribution < -0.4 is 0 Å². The van der Waals surface area contributed by atoms with Gasteiger partial charge in [-0.3, -0.25) is 0 Å². The lowest BCUT2D eigenvalue weighted by atomic mass is 9.92. The van der Waals surface area contributed by atoms with Gasteiger partial charge in [-0.1, -0.05) is 20.8 Å². The fraction of sp³-hybridized carbons (Fsp3) is 0.700. The van der Waals surface area contributed by atoms with Crippen LogP contribution in [0.25, 0.3) is 0 Å². The van der Waals surface area contributed by atoms with Gasteiger partial charge in [-0.2, -0.15) is 0 Å². The number of aryl methyl sites for hydroxylation is 1. The molecule has 1 N–H and O–H groups in total. The normalized spacial score (nSPS) is 12.0. The lowest BCUT2D eigenvalue weighted by molar-refractivity contribution is 0.260. The molecule has 0 aliphatic rings. The van der Waals surface area contributed by atoms with Crippen molar-refractivity contribution in [2.45, 2.75) is 40.3 Å². The minimum Gasteiger partial charge on any atom is -0.388 e. The van der Waals surface area contributed by atoms with Gasteiger partial charge in [-0.05, 0) is 11.8 Å². The molecule has 0 bridgehead atoms. The Hall–Kier alpha value is -0.830. The van der Waals surface area contributed by atoms with Gasteiger partial charge in [-0.25, -0.2) is 4.98 Å². The second-order valence-corrected chi connectivity index (χ2v) is 4.51. The van der Waals surface area contributed by atoms with E-state index >= 15 is 0 Å². The zero-order valence-electron chi connectivity index (χ0n) is 8.62. The van der Waals surface area contributed by atoms with Gasteiger partial charge in [0.25, 0.3) is 0 Å². The molecule has 0 atom stereocenters. The van der Waals surface area contributed by atoms with E-state index in [4.69, 9.17) is 5.11 Å². The summed E-state index contributed by atoms with van der Waals surface area (Å²) in [6, 6.07) is 0. The second kappa shape index (κ2) is 3.92. The van der Waals surface area contributed by atoms with E-state index in [1.807, 2.05) is 10.8 Å². The van der Waals surface area contributed by atoms with Gasteiger partial charge >= 0.3 is 0 Å². The van der Waals surface area contributed by atoms with Gasteiger partial charge in [-0.15, -0.1) is 0 Å². The standard InChI is InChI=1S/C10H18N2O/c1-10(2,3)4-6-12-7-5-11-9(12)8-13/h5,7,13H,4,6,8H2,1-3H3. The van der Waals surface area contributed by atoms with E-state index in [0.29, 0.717) is 5.41 Å². The lowest BCUT2D eigenvalue weighted by Crippen LogP contribution is -2.11. The van der Waals surface area contributed by atoms with Crippen molar-refractivity contribution in [3.8, 4) is 0 Å². The molecule has 74 valence electrons. The van der Waals surface area contributed by atoms with Crippen LogP contribution in [0.1, 0.15) is 33.0 Å². The largest absolute Gasteiger partial charge is 0.388 e. The van der Waals surface area contributed by atoms with Crippen LogP contribution in [0.3, 0.4) is 0 Å². The van der Waals surface area contributed by atoms with Crippen LogP contribution in [-0.2, 0) is 13.2 Å². The molecule has 0 fully saturated rings. The van der Waals surface area contributed by atoms with Crippen LogP contribution >= 0.6 is 0 Å². The summed E-state index contributed by atoms with van der Waals surface area (Å²) in [5.41, 5.74) is 0.330. The van der Waals surface area contributed by atoms with Crippen LogP contribution in [0.4, 0.5) is 0 Å². The Kier molecular flexibility index (Phi) is 3.09. The first-order chi connectivity index (χ1) is 6.03. The zero-order chi connectivity index (χ0) is 9.90. The van der Waals surface area contributed by atoms with Gasteiger partial charge < -0.3 is 9.67 Å². The molecular weight excluding hydrogens is 164 g/mol. The molecule has 0 saturated carbocycles. The van der Waals surface area contributed by atoms with Crippen molar-refractivity contribution >= 4 is 0 Å². The fourth-order valence-corrected chi connectivity index (χ4v) is 1.15. The highest BCUT2D eigenvalue weighted by Crippen LogP contribution is 2.19. The smallest absolute Gasteiger partial charge is 0.134 e. The minimum atomic E-state index is 0.0249. The molecule has 1 aromatic rings. The summed E-state index contributed by atoms with van der Waals surface area (Å²) in [5, 5.41) is 8.95. The van der Waals surface area contributed by atoms with E-state index in [1.165, 1.54) is 0 Å². The molecule has 0 unspecified atom stereocenters. The molecule has 0 aliphatic heterocycles. The Bertz CT molecular complexity index is 260. The fourth-order valence-electron chi connectivity index (χ4n) is 1.15. The maximum atomic E-state index is 8.95. The van der Waals surface area contributed by atoms with E-state index in [2.05, 4.69) is 25.8 Å². The minimum absolute atomic E-state index is 0.0249. The van der Waals surface area contributed by atoms with Gasteiger partial charge in [0.2, 0.25) is 0 Å². The number of aliphatic hydroxyl groups is 1. The molecule has 1 aromatic heterocycles. The third-order valence-corrected chi connectivity index (χ3v) is 2.05. The maximum Gasteiger partial charge on any atom is 0.134 e. The van der Waals surface area contributed by atoms with Crippen molar-refractivity contribution in [3.63, 3.8) is 0 Å². The van der Waals surface area contributed by atoms with Crippen molar-refractivity contribution < 1.29 is 5.11 Å². The third-order valence-electron chi connectivity index (χ3n) is 2.05. The molecule has 3 nitrogen and oxygen atoms in total. The first-order valence-corrected chi connectivity index (χ1v) is 4.64. The van der Waals surface area contributed by atoms with Crippen molar-refractivity contribution in [1.29, 1.82) is 0 Å². The number of hydrogen-bond donors (Lipinski definition) is 1. The predicted octanol–water partition coefficient (Wildman–Crippen LogP) is 1.81. The van der Waals surface area contributed by atoms with Gasteiger partial charge in [0, 0.05) is 18.9 Å². The Morgan fingerprint density at radius 3 is 2.69 bits per heavy atom. The molecule has 0 aliphatic carbocycles. The molecule has 13 heavy (non-hydrogen) atoms. The van der Waals surface area contributed by atoms with Gasteiger partial charge in [0.1, 0.15) is 12.4 Å². The summed E-state index contributed by atoms with van der Waals surface area (Å²) in [7, 11) is 0. The van der Waals surface area contributed by atoms with Crippen LogP contribution in [0, 0.1) is 5.41 Å². The number of rotatable bonds is 3. The summed E-state index contributed by atoms with van der Waals surface area (Å²) in [4.78, 5) is 4.05. The number of hydrogen-bond acceptors (Lipinski definition) is 2. The Labute approximate surface area is 79.4 Å². The average Bonchev–Trinajstić information content (AvgIpc) is 2.46. The third kappa shape index (κ3) is 3.19. The monoisotopic (exact) mass is 182 g/mol. The number of aliphatic hydroxyl groups excluding tert-OH is 1. The number of aromatic nitrogens is 2.